The summed E-state index contributed by atoms with van der Waals surface area (Å²) in [6.07, 6.45) is 3.28. The van der Waals surface area contributed by atoms with Crippen molar-refractivity contribution < 1.29 is 9.59 Å². The molecule has 1 heterocycles. The first kappa shape index (κ1) is 16.1. The van der Waals surface area contributed by atoms with Gasteiger partial charge in [0.15, 0.2) is 0 Å². The van der Waals surface area contributed by atoms with Crippen molar-refractivity contribution in [1.82, 2.24) is 5.32 Å². The predicted molar refractivity (Wildman–Crippen MR) is 96.9 cm³/mol. The van der Waals surface area contributed by atoms with E-state index in [4.69, 9.17) is 0 Å². The summed E-state index contributed by atoms with van der Waals surface area (Å²) in [6.45, 7) is 0.496. The molecule has 0 aliphatic heterocycles. The lowest BCUT2D eigenvalue weighted by Crippen LogP contribution is -2.26. The van der Waals surface area contributed by atoms with Crippen LogP contribution in [0.5, 0.6) is 0 Å². The van der Waals surface area contributed by atoms with Crippen LogP contribution in [-0.4, -0.2) is 24.1 Å². The Balaban J connectivity index is 1.73. The van der Waals surface area contributed by atoms with E-state index in [0.717, 1.165) is 19.3 Å². The summed E-state index contributed by atoms with van der Waals surface area (Å²) in [7, 11) is 0. The maximum Gasteiger partial charge on any atom is 0.256 e. The number of aryl methyl sites for hydroxylation is 2. The molecule has 23 heavy (non-hydrogen) atoms. The summed E-state index contributed by atoms with van der Waals surface area (Å²) in [6, 6.07) is 7.57. The van der Waals surface area contributed by atoms with Gasteiger partial charge >= 0.3 is 0 Å². The molecule has 1 aliphatic rings. The number of nitrogens with one attached hydrogen (secondary N) is 2. The highest BCUT2D eigenvalue weighted by atomic mass is 32.1. The van der Waals surface area contributed by atoms with Crippen molar-refractivity contribution in [3.05, 3.63) is 51.9 Å². The minimum Gasteiger partial charge on any atom is -0.351 e. The van der Waals surface area contributed by atoms with Crippen LogP contribution in [0.3, 0.4) is 0 Å². The summed E-state index contributed by atoms with van der Waals surface area (Å²) < 4.78 is 0. The Morgan fingerprint density at radius 2 is 1.96 bits per heavy atom. The Bertz CT molecular complexity index is 740. The van der Waals surface area contributed by atoms with Gasteiger partial charge in [-0.25, -0.2) is 0 Å². The highest BCUT2D eigenvalue weighted by Gasteiger charge is 2.17. The molecule has 1 aliphatic carbocycles. The van der Waals surface area contributed by atoms with Gasteiger partial charge in [-0.2, -0.15) is 12.6 Å². The number of hydrogen-bond acceptors (Lipinski definition) is 4. The number of thiophene rings is 1. The molecule has 0 saturated heterocycles. The third-order valence-electron chi connectivity index (χ3n) is 3.89. The van der Waals surface area contributed by atoms with Gasteiger partial charge in [0, 0.05) is 17.9 Å². The third-order valence-corrected chi connectivity index (χ3v) is 4.95. The number of benzene rings is 1. The molecule has 6 heteroatoms. The SMILES string of the molecule is O=C(Nc1sccc1C(=O)NCCS)c1ccc2c(c1)CCC2. The Morgan fingerprint density at radius 1 is 1.13 bits per heavy atom. The number of anilines is 1. The molecule has 0 radical (unpaired) electrons. The van der Waals surface area contributed by atoms with Gasteiger partial charge in [-0.15, -0.1) is 11.3 Å². The second kappa shape index (κ2) is 7.19. The normalized spacial score (nSPS) is 12.7. The van der Waals surface area contributed by atoms with Gasteiger partial charge in [0.2, 0.25) is 0 Å². The number of carbonyl (C=O) groups is 2. The van der Waals surface area contributed by atoms with E-state index in [-0.39, 0.29) is 11.8 Å². The first-order valence-electron chi connectivity index (χ1n) is 7.59. The molecule has 0 atom stereocenters. The molecule has 0 fully saturated rings. The van der Waals surface area contributed by atoms with Gasteiger partial charge in [-0.3, -0.25) is 9.59 Å². The molecular weight excluding hydrogens is 328 g/mol. The molecule has 0 bridgehead atoms. The Morgan fingerprint density at radius 3 is 2.78 bits per heavy atom. The van der Waals surface area contributed by atoms with Gasteiger partial charge in [0.25, 0.3) is 11.8 Å². The zero-order chi connectivity index (χ0) is 16.2. The predicted octanol–water partition coefficient (Wildman–Crippen LogP) is 3.15. The van der Waals surface area contributed by atoms with Crippen molar-refractivity contribution in [1.29, 1.82) is 0 Å². The van der Waals surface area contributed by atoms with Crippen LogP contribution >= 0.6 is 24.0 Å². The average Bonchev–Trinajstić information content (AvgIpc) is 3.20. The van der Waals surface area contributed by atoms with E-state index in [1.807, 2.05) is 18.2 Å². The fourth-order valence-corrected chi connectivity index (χ4v) is 3.63. The van der Waals surface area contributed by atoms with Crippen molar-refractivity contribution in [3.8, 4) is 0 Å². The quantitative estimate of drug-likeness (QED) is 0.729. The standard InChI is InChI=1S/C17H18N2O2S2/c20-15(13-5-4-11-2-1-3-12(11)10-13)19-17-14(6-9-23-17)16(21)18-7-8-22/h4-6,9-10,22H,1-3,7-8H2,(H,18,21)(H,19,20). The third kappa shape index (κ3) is 3.59. The lowest BCUT2D eigenvalue weighted by atomic mass is 10.1. The second-order valence-electron chi connectivity index (χ2n) is 5.43. The summed E-state index contributed by atoms with van der Waals surface area (Å²) in [5.41, 5.74) is 3.73. The van der Waals surface area contributed by atoms with Crippen molar-refractivity contribution >= 4 is 40.8 Å². The summed E-state index contributed by atoms with van der Waals surface area (Å²) in [5, 5.41) is 7.99. The van der Waals surface area contributed by atoms with Crippen molar-refractivity contribution in [2.45, 2.75) is 19.3 Å². The zero-order valence-electron chi connectivity index (χ0n) is 12.6. The van der Waals surface area contributed by atoms with Crippen LogP contribution in [0.2, 0.25) is 0 Å². The molecule has 4 nitrogen and oxygen atoms in total. The lowest BCUT2D eigenvalue weighted by molar-refractivity contribution is 0.0957. The van der Waals surface area contributed by atoms with E-state index in [1.165, 1.54) is 22.5 Å². The van der Waals surface area contributed by atoms with Crippen LogP contribution in [0.15, 0.2) is 29.6 Å². The molecule has 2 amide bonds. The van der Waals surface area contributed by atoms with Crippen molar-refractivity contribution in [2.24, 2.45) is 0 Å². The molecule has 1 aromatic heterocycles. The Hall–Kier alpha value is -1.79. The van der Waals surface area contributed by atoms with Crippen LogP contribution in [0.25, 0.3) is 0 Å². The molecule has 0 unspecified atom stereocenters. The van der Waals surface area contributed by atoms with Crippen LogP contribution in [0.4, 0.5) is 5.00 Å². The smallest absolute Gasteiger partial charge is 0.256 e. The van der Waals surface area contributed by atoms with Crippen LogP contribution < -0.4 is 10.6 Å². The van der Waals surface area contributed by atoms with E-state index in [2.05, 4.69) is 23.3 Å². The summed E-state index contributed by atoms with van der Waals surface area (Å²) >= 11 is 5.42. The lowest BCUT2D eigenvalue weighted by Gasteiger charge is -2.08. The summed E-state index contributed by atoms with van der Waals surface area (Å²) in [5.74, 6) is 0.210. The number of carbonyl (C=O) groups excluding carboxylic acids is 2. The first-order chi connectivity index (χ1) is 11.2. The van der Waals surface area contributed by atoms with Crippen molar-refractivity contribution in [2.75, 3.05) is 17.6 Å². The minimum absolute atomic E-state index is 0.176. The van der Waals surface area contributed by atoms with E-state index >= 15 is 0 Å². The van der Waals surface area contributed by atoms with Gasteiger partial charge < -0.3 is 10.6 Å². The summed E-state index contributed by atoms with van der Waals surface area (Å²) in [4.78, 5) is 24.5. The first-order valence-corrected chi connectivity index (χ1v) is 9.10. The van der Waals surface area contributed by atoms with Crippen LogP contribution in [0, 0.1) is 0 Å². The monoisotopic (exact) mass is 346 g/mol. The van der Waals surface area contributed by atoms with E-state index in [0.29, 0.717) is 28.4 Å². The number of rotatable bonds is 5. The number of thiol groups is 1. The second-order valence-corrected chi connectivity index (χ2v) is 6.80. The van der Waals surface area contributed by atoms with E-state index in [1.54, 1.807) is 11.4 Å². The van der Waals surface area contributed by atoms with Gasteiger partial charge in [0.05, 0.1) is 5.56 Å². The largest absolute Gasteiger partial charge is 0.351 e. The molecule has 0 spiro atoms. The molecule has 120 valence electrons. The minimum atomic E-state index is -0.190. The topological polar surface area (TPSA) is 58.2 Å². The van der Waals surface area contributed by atoms with Crippen LogP contribution in [-0.2, 0) is 12.8 Å². The fourth-order valence-electron chi connectivity index (χ4n) is 2.74. The average molecular weight is 346 g/mol. The maximum atomic E-state index is 12.5. The molecule has 0 saturated carbocycles. The Kier molecular flexibility index (Phi) is 5.03. The van der Waals surface area contributed by atoms with Crippen LogP contribution in [0.1, 0.15) is 38.3 Å². The van der Waals surface area contributed by atoms with Crippen molar-refractivity contribution in [3.63, 3.8) is 0 Å². The Labute approximate surface area is 144 Å². The highest BCUT2D eigenvalue weighted by Crippen LogP contribution is 2.26. The number of amides is 2. The van der Waals surface area contributed by atoms with Gasteiger partial charge in [-0.05, 0) is 54.0 Å². The number of fused-ring (bicyclic) bond motifs is 1. The molecule has 1 aromatic carbocycles. The fraction of sp³-hybridized carbons (Fsp3) is 0.294. The van der Waals surface area contributed by atoms with E-state index in [9.17, 15) is 9.59 Å². The number of hydrogen-bond donors (Lipinski definition) is 3. The maximum absolute atomic E-state index is 12.5. The zero-order valence-corrected chi connectivity index (χ0v) is 14.3. The molecular formula is C17H18N2O2S2. The molecule has 2 aromatic rings. The highest BCUT2D eigenvalue weighted by molar-refractivity contribution is 7.80. The molecule has 2 N–H and O–H groups in total. The molecule has 3 rings (SSSR count). The van der Waals surface area contributed by atoms with Gasteiger partial charge in [0.1, 0.15) is 5.00 Å². The van der Waals surface area contributed by atoms with E-state index < -0.39 is 0 Å². The van der Waals surface area contributed by atoms with Gasteiger partial charge in [-0.1, -0.05) is 6.07 Å².